The fourth-order valence-corrected chi connectivity index (χ4v) is 1.08. The number of hydrogen-bond acceptors (Lipinski definition) is 2. The number of methoxy groups -OCH3 is 1. The maximum absolute atomic E-state index is 11.1. The molecule has 4 heteroatoms. The van der Waals surface area contributed by atoms with Gasteiger partial charge in [0.15, 0.2) is 0 Å². The van der Waals surface area contributed by atoms with Crippen molar-refractivity contribution in [3.63, 3.8) is 0 Å². The molecular weight excluding hydrogens is 180 g/mol. The van der Waals surface area contributed by atoms with Crippen molar-refractivity contribution in [2.45, 2.75) is 0 Å². The van der Waals surface area contributed by atoms with Gasteiger partial charge in [-0.25, -0.2) is 4.79 Å². The number of benzene rings is 1. The molecule has 0 bridgehead atoms. The lowest BCUT2D eigenvalue weighted by Gasteiger charge is -2.19. The third-order valence-corrected chi connectivity index (χ3v) is 1.77. The summed E-state index contributed by atoms with van der Waals surface area (Å²) in [6.07, 6.45) is 0. The van der Waals surface area contributed by atoms with Gasteiger partial charge in [0.05, 0.1) is 18.8 Å². The highest BCUT2D eigenvalue weighted by atomic mass is 16.5. The first kappa shape index (κ1) is 10.5. The lowest BCUT2D eigenvalue weighted by atomic mass is 10.3. The number of carbonyl (C=O) groups excluding carboxylic acids is 1. The van der Waals surface area contributed by atoms with Crippen molar-refractivity contribution in [1.82, 2.24) is 0 Å². The first-order valence-corrected chi connectivity index (χ1v) is 4.28. The number of urea groups is 1. The van der Waals surface area contributed by atoms with E-state index in [1.54, 1.807) is 19.2 Å². The van der Waals surface area contributed by atoms with Gasteiger partial charge in [-0.15, -0.1) is 0 Å². The summed E-state index contributed by atoms with van der Waals surface area (Å²) < 4.78 is 4.88. The smallest absolute Gasteiger partial charge is 0.319 e. The summed E-state index contributed by atoms with van der Waals surface area (Å²) in [5.41, 5.74) is 5.88. The number of para-hydroxylation sites is 1. The summed E-state index contributed by atoms with van der Waals surface area (Å²) in [7, 11) is 1.58. The standard InChI is InChI=1S/C10H13N2O2/c1-14-8-7-12(10(11)13)9-5-3-2-4-6-9/h2-5H,7-8H2,1H3,(H2,11,13). The van der Waals surface area contributed by atoms with E-state index < -0.39 is 6.03 Å². The number of carbonyl (C=O) groups is 1. The second-order valence-corrected chi connectivity index (χ2v) is 2.73. The number of amides is 2. The largest absolute Gasteiger partial charge is 0.383 e. The van der Waals surface area contributed by atoms with E-state index >= 15 is 0 Å². The molecule has 75 valence electrons. The highest BCUT2D eigenvalue weighted by Gasteiger charge is 2.10. The molecule has 0 spiro atoms. The van der Waals surface area contributed by atoms with E-state index in [9.17, 15) is 4.79 Å². The summed E-state index contributed by atoms with van der Waals surface area (Å²) in [5, 5.41) is 0. The predicted molar refractivity (Wildman–Crippen MR) is 54.1 cm³/mol. The molecule has 1 radical (unpaired) electrons. The summed E-state index contributed by atoms with van der Waals surface area (Å²) in [5.74, 6) is 0. The monoisotopic (exact) mass is 193 g/mol. The molecule has 0 saturated heterocycles. The Bertz CT molecular complexity index is 287. The Morgan fingerprint density at radius 3 is 2.93 bits per heavy atom. The van der Waals surface area contributed by atoms with Crippen LogP contribution in [0, 0.1) is 6.07 Å². The highest BCUT2D eigenvalue weighted by molar-refractivity contribution is 5.90. The van der Waals surface area contributed by atoms with Crippen LogP contribution in [-0.4, -0.2) is 26.3 Å². The van der Waals surface area contributed by atoms with Crippen molar-refractivity contribution < 1.29 is 9.53 Å². The van der Waals surface area contributed by atoms with Gasteiger partial charge in [-0.1, -0.05) is 18.2 Å². The van der Waals surface area contributed by atoms with Gasteiger partial charge in [0.1, 0.15) is 0 Å². The minimum atomic E-state index is -0.496. The second kappa shape index (κ2) is 5.24. The molecule has 1 aromatic rings. The van der Waals surface area contributed by atoms with E-state index in [2.05, 4.69) is 6.07 Å². The average molecular weight is 193 g/mol. The minimum Gasteiger partial charge on any atom is -0.383 e. The Hall–Kier alpha value is -1.55. The zero-order valence-electron chi connectivity index (χ0n) is 8.06. The number of anilines is 1. The molecule has 14 heavy (non-hydrogen) atoms. The normalized spacial score (nSPS) is 9.79. The second-order valence-electron chi connectivity index (χ2n) is 2.73. The molecule has 0 heterocycles. The fourth-order valence-electron chi connectivity index (χ4n) is 1.08. The number of primary amides is 1. The molecule has 1 aromatic carbocycles. The van der Waals surface area contributed by atoms with E-state index in [1.165, 1.54) is 4.90 Å². The number of nitrogens with two attached hydrogens (primary N) is 1. The summed E-state index contributed by atoms with van der Waals surface area (Å²) in [6.45, 7) is 0.887. The molecule has 0 unspecified atom stereocenters. The number of ether oxygens (including phenoxy) is 1. The Labute approximate surface area is 83.3 Å². The Morgan fingerprint density at radius 2 is 2.43 bits per heavy atom. The van der Waals surface area contributed by atoms with Crippen LogP contribution in [0.3, 0.4) is 0 Å². The number of rotatable bonds is 4. The van der Waals surface area contributed by atoms with Gasteiger partial charge in [-0.2, -0.15) is 0 Å². The van der Waals surface area contributed by atoms with Crippen LogP contribution in [0.25, 0.3) is 0 Å². The lowest BCUT2D eigenvalue weighted by Crippen LogP contribution is -2.38. The van der Waals surface area contributed by atoms with Crippen LogP contribution in [0.15, 0.2) is 24.3 Å². The maximum Gasteiger partial charge on any atom is 0.319 e. The van der Waals surface area contributed by atoms with Crippen LogP contribution >= 0.6 is 0 Å². The van der Waals surface area contributed by atoms with Crippen molar-refractivity contribution in [3.05, 3.63) is 30.3 Å². The molecule has 2 amide bonds. The van der Waals surface area contributed by atoms with E-state index in [0.29, 0.717) is 18.8 Å². The topological polar surface area (TPSA) is 55.6 Å². The van der Waals surface area contributed by atoms with Gasteiger partial charge >= 0.3 is 6.03 Å². The minimum absolute atomic E-state index is 0.437. The van der Waals surface area contributed by atoms with Crippen molar-refractivity contribution in [2.24, 2.45) is 5.73 Å². The molecule has 0 aliphatic carbocycles. The first-order chi connectivity index (χ1) is 6.75. The van der Waals surface area contributed by atoms with Gasteiger partial charge < -0.3 is 10.5 Å². The Kier molecular flexibility index (Phi) is 3.94. The van der Waals surface area contributed by atoms with Crippen molar-refractivity contribution >= 4 is 11.7 Å². The van der Waals surface area contributed by atoms with E-state index in [-0.39, 0.29) is 0 Å². The van der Waals surface area contributed by atoms with Crippen LogP contribution < -0.4 is 10.6 Å². The Balaban J connectivity index is 2.73. The fraction of sp³-hybridized carbons (Fsp3) is 0.300. The molecule has 4 nitrogen and oxygen atoms in total. The molecule has 0 saturated carbocycles. The molecule has 0 atom stereocenters. The van der Waals surface area contributed by atoms with Gasteiger partial charge in [-0.05, 0) is 6.07 Å². The number of hydrogen-bond donors (Lipinski definition) is 1. The van der Waals surface area contributed by atoms with Crippen molar-refractivity contribution in [2.75, 3.05) is 25.2 Å². The molecule has 1 rings (SSSR count). The van der Waals surface area contributed by atoms with E-state index in [4.69, 9.17) is 10.5 Å². The van der Waals surface area contributed by atoms with Gasteiger partial charge in [0.25, 0.3) is 0 Å². The first-order valence-electron chi connectivity index (χ1n) is 4.28. The molecule has 2 N–H and O–H groups in total. The van der Waals surface area contributed by atoms with Gasteiger partial charge in [-0.3, -0.25) is 4.90 Å². The molecule has 0 aliphatic rings. The van der Waals surface area contributed by atoms with Crippen LogP contribution in [0.2, 0.25) is 0 Å². The zero-order valence-corrected chi connectivity index (χ0v) is 8.06. The summed E-state index contributed by atoms with van der Waals surface area (Å²) in [6, 6.07) is 9.61. The molecule has 0 fully saturated rings. The molecule has 0 aromatic heterocycles. The zero-order chi connectivity index (χ0) is 10.4. The maximum atomic E-state index is 11.1. The third kappa shape index (κ3) is 2.74. The predicted octanol–water partition coefficient (Wildman–Crippen LogP) is 1.02. The lowest BCUT2D eigenvalue weighted by molar-refractivity contribution is 0.203. The third-order valence-electron chi connectivity index (χ3n) is 1.77. The van der Waals surface area contributed by atoms with Gasteiger partial charge in [0.2, 0.25) is 0 Å². The summed E-state index contributed by atoms with van der Waals surface area (Å²) >= 11 is 0. The van der Waals surface area contributed by atoms with Crippen molar-refractivity contribution in [1.29, 1.82) is 0 Å². The highest BCUT2D eigenvalue weighted by Crippen LogP contribution is 2.11. The molecule has 0 aliphatic heterocycles. The van der Waals surface area contributed by atoms with Crippen LogP contribution in [0.1, 0.15) is 0 Å². The van der Waals surface area contributed by atoms with Crippen LogP contribution in [-0.2, 0) is 4.74 Å². The van der Waals surface area contributed by atoms with E-state index in [1.807, 2.05) is 12.1 Å². The molecular formula is C10H13N2O2. The SMILES string of the molecule is COCCN(C(N)=O)c1[c]cccc1. The van der Waals surface area contributed by atoms with Crippen LogP contribution in [0.4, 0.5) is 10.5 Å². The quantitative estimate of drug-likeness (QED) is 0.776. The number of nitrogens with zero attached hydrogens (tertiary/aromatic N) is 1. The Morgan fingerprint density at radius 1 is 1.64 bits per heavy atom. The average Bonchev–Trinajstić information content (AvgIpc) is 2.19. The van der Waals surface area contributed by atoms with Crippen LogP contribution in [0.5, 0.6) is 0 Å². The summed E-state index contributed by atoms with van der Waals surface area (Å²) in [4.78, 5) is 12.5. The van der Waals surface area contributed by atoms with Crippen molar-refractivity contribution in [3.8, 4) is 0 Å². The van der Waals surface area contributed by atoms with E-state index in [0.717, 1.165) is 0 Å². The van der Waals surface area contributed by atoms with Gasteiger partial charge in [0, 0.05) is 13.2 Å².